The van der Waals surface area contributed by atoms with Crippen LogP contribution in [0.15, 0.2) is 11.8 Å². The van der Waals surface area contributed by atoms with Crippen molar-refractivity contribution >= 4 is 5.97 Å². The van der Waals surface area contributed by atoms with Crippen LogP contribution in [-0.2, 0) is 9.53 Å². The Bertz CT molecular complexity index is 141. The van der Waals surface area contributed by atoms with Gasteiger partial charge < -0.3 is 10.1 Å². The molecular formula is C7H13NO2. The minimum Gasteiger partial charge on any atom is -0.463 e. The van der Waals surface area contributed by atoms with Gasteiger partial charge in [0.1, 0.15) is 0 Å². The Balaban J connectivity index is 3.75. The van der Waals surface area contributed by atoms with Gasteiger partial charge in [-0.05, 0) is 13.8 Å². The van der Waals surface area contributed by atoms with Crippen LogP contribution in [0, 0.1) is 0 Å². The molecule has 1 N–H and O–H groups in total. The van der Waals surface area contributed by atoms with Crippen molar-refractivity contribution in [1.29, 1.82) is 0 Å². The summed E-state index contributed by atoms with van der Waals surface area (Å²) >= 11 is 0. The first-order valence-corrected chi connectivity index (χ1v) is 3.23. The Morgan fingerprint density at radius 2 is 2.30 bits per heavy atom. The SMILES string of the molecule is CCOC(=O)/C=C(\C)NC. The van der Waals surface area contributed by atoms with Gasteiger partial charge in [-0.1, -0.05) is 0 Å². The maximum Gasteiger partial charge on any atom is 0.332 e. The zero-order chi connectivity index (χ0) is 7.98. The van der Waals surface area contributed by atoms with E-state index in [0.29, 0.717) is 6.61 Å². The van der Waals surface area contributed by atoms with Crippen molar-refractivity contribution in [1.82, 2.24) is 5.32 Å². The lowest BCUT2D eigenvalue weighted by Gasteiger charge is -1.98. The van der Waals surface area contributed by atoms with Crippen LogP contribution in [0.3, 0.4) is 0 Å². The maximum absolute atomic E-state index is 10.7. The molecule has 3 nitrogen and oxygen atoms in total. The van der Waals surface area contributed by atoms with Crippen molar-refractivity contribution in [3.8, 4) is 0 Å². The predicted octanol–water partition coefficient (Wildman–Crippen LogP) is 0.673. The Kier molecular flexibility index (Phi) is 4.37. The fourth-order valence-corrected chi connectivity index (χ4v) is 0.433. The number of carbonyl (C=O) groups excluding carboxylic acids is 1. The van der Waals surface area contributed by atoms with Crippen LogP contribution in [0.4, 0.5) is 0 Å². The smallest absolute Gasteiger partial charge is 0.332 e. The summed E-state index contributed by atoms with van der Waals surface area (Å²) in [7, 11) is 1.76. The molecule has 0 aliphatic heterocycles. The Morgan fingerprint density at radius 1 is 1.70 bits per heavy atom. The number of rotatable bonds is 3. The van der Waals surface area contributed by atoms with E-state index in [1.807, 2.05) is 0 Å². The second kappa shape index (κ2) is 4.85. The third-order valence-corrected chi connectivity index (χ3v) is 1.02. The van der Waals surface area contributed by atoms with E-state index >= 15 is 0 Å². The molecule has 0 radical (unpaired) electrons. The zero-order valence-electron chi connectivity index (χ0n) is 6.60. The van der Waals surface area contributed by atoms with Gasteiger partial charge in [0.2, 0.25) is 0 Å². The lowest BCUT2D eigenvalue weighted by atomic mass is 10.4. The van der Waals surface area contributed by atoms with Crippen LogP contribution in [0.5, 0.6) is 0 Å². The second-order valence-corrected chi connectivity index (χ2v) is 1.83. The van der Waals surface area contributed by atoms with Gasteiger partial charge in [0.25, 0.3) is 0 Å². The average Bonchev–Trinajstić information content (AvgIpc) is 1.88. The van der Waals surface area contributed by atoms with Crippen molar-refractivity contribution in [3.63, 3.8) is 0 Å². The number of allylic oxidation sites excluding steroid dienone is 1. The standard InChI is InChI=1S/C7H13NO2/c1-4-10-7(9)5-6(2)8-3/h5,8H,4H2,1-3H3/b6-5+. The highest BCUT2D eigenvalue weighted by Gasteiger charge is 1.94. The first-order chi connectivity index (χ1) is 4.70. The van der Waals surface area contributed by atoms with E-state index < -0.39 is 0 Å². The van der Waals surface area contributed by atoms with E-state index in [-0.39, 0.29) is 5.97 Å². The molecule has 0 amide bonds. The first kappa shape index (κ1) is 9.01. The van der Waals surface area contributed by atoms with Gasteiger partial charge in [-0.25, -0.2) is 4.79 Å². The van der Waals surface area contributed by atoms with Gasteiger partial charge in [-0.15, -0.1) is 0 Å². The second-order valence-electron chi connectivity index (χ2n) is 1.83. The van der Waals surface area contributed by atoms with E-state index in [1.54, 1.807) is 20.9 Å². The predicted molar refractivity (Wildman–Crippen MR) is 39.4 cm³/mol. The summed E-state index contributed by atoms with van der Waals surface area (Å²) in [6.07, 6.45) is 1.42. The molecule has 0 spiro atoms. The van der Waals surface area contributed by atoms with Gasteiger partial charge >= 0.3 is 5.97 Å². The maximum atomic E-state index is 10.7. The summed E-state index contributed by atoms with van der Waals surface area (Å²) in [5.74, 6) is -0.297. The van der Waals surface area contributed by atoms with Crippen LogP contribution in [0.1, 0.15) is 13.8 Å². The highest BCUT2D eigenvalue weighted by atomic mass is 16.5. The van der Waals surface area contributed by atoms with Gasteiger partial charge in [0.05, 0.1) is 6.61 Å². The van der Waals surface area contributed by atoms with Crippen LogP contribution < -0.4 is 5.32 Å². The molecule has 0 bridgehead atoms. The normalized spacial score (nSPS) is 10.9. The van der Waals surface area contributed by atoms with Crippen LogP contribution in [0.2, 0.25) is 0 Å². The molecule has 0 heterocycles. The van der Waals surface area contributed by atoms with Gasteiger partial charge in [-0.2, -0.15) is 0 Å². The Labute approximate surface area is 61.1 Å². The lowest BCUT2D eigenvalue weighted by molar-refractivity contribution is -0.137. The van der Waals surface area contributed by atoms with E-state index in [0.717, 1.165) is 5.70 Å². The molecule has 58 valence electrons. The highest BCUT2D eigenvalue weighted by Crippen LogP contribution is 1.86. The monoisotopic (exact) mass is 143 g/mol. The summed E-state index contributed by atoms with van der Waals surface area (Å²) in [5.41, 5.74) is 0.804. The van der Waals surface area contributed by atoms with E-state index in [2.05, 4.69) is 10.1 Å². The van der Waals surface area contributed by atoms with Crippen molar-refractivity contribution < 1.29 is 9.53 Å². The van der Waals surface area contributed by atoms with Crippen LogP contribution >= 0.6 is 0 Å². The molecular weight excluding hydrogens is 130 g/mol. The molecule has 0 aromatic carbocycles. The zero-order valence-corrected chi connectivity index (χ0v) is 6.60. The molecule has 0 aromatic heterocycles. The van der Waals surface area contributed by atoms with Crippen molar-refractivity contribution in [2.45, 2.75) is 13.8 Å². The molecule has 10 heavy (non-hydrogen) atoms. The molecule has 3 heteroatoms. The van der Waals surface area contributed by atoms with Crippen molar-refractivity contribution in [3.05, 3.63) is 11.8 Å². The number of esters is 1. The van der Waals surface area contributed by atoms with Crippen molar-refractivity contribution in [2.24, 2.45) is 0 Å². The molecule has 0 aliphatic carbocycles. The first-order valence-electron chi connectivity index (χ1n) is 3.23. The molecule has 0 saturated heterocycles. The average molecular weight is 143 g/mol. The summed E-state index contributed by atoms with van der Waals surface area (Å²) in [4.78, 5) is 10.7. The largest absolute Gasteiger partial charge is 0.463 e. The topological polar surface area (TPSA) is 38.3 Å². The Morgan fingerprint density at radius 3 is 2.70 bits per heavy atom. The molecule has 0 aliphatic rings. The molecule has 0 saturated carbocycles. The van der Waals surface area contributed by atoms with E-state index in [4.69, 9.17) is 0 Å². The third-order valence-electron chi connectivity index (χ3n) is 1.02. The van der Waals surface area contributed by atoms with Crippen LogP contribution in [-0.4, -0.2) is 19.6 Å². The lowest BCUT2D eigenvalue weighted by Crippen LogP contribution is -2.07. The molecule has 0 fully saturated rings. The highest BCUT2D eigenvalue weighted by molar-refractivity contribution is 5.82. The van der Waals surface area contributed by atoms with Crippen molar-refractivity contribution in [2.75, 3.05) is 13.7 Å². The molecule has 0 aromatic rings. The fraction of sp³-hybridized carbons (Fsp3) is 0.571. The summed E-state index contributed by atoms with van der Waals surface area (Å²) in [6, 6.07) is 0. The van der Waals surface area contributed by atoms with Crippen LogP contribution in [0.25, 0.3) is 0 Å². The number of carbonyl (C=O) groups is 1. The number of hydrogen-bond acceptors (Lipinski definition) is 3. The summed E-state index contributed by atoms with van der Waals surface area (Å²) in [5, 5.41) is 2.81. The van der Waals surface area contributed by atoms with Gasteiger partial charge in [-0.3, -0.25) is 0 Å². The van der Waals surface area contributed by atoms with E-state index in [1.165, 1.54) is 6.08 Å². The molecule has 0 unspecified atom stereocenters. The van der Waals surface area contributed by atoms with Gasteiger partial charge in [0.15, 0.2) is 0 Å². The Hall–Kier alpha value is -0.990. The number of ether oxygens (including phenoxy) is 1. The third kappa shape index (κ3) is 3.95. The van der Waals surface area contributed by atoms with Gasteiger partial charge in [0, 0.05) is 18.8 Å². The molecule has 0 rings (SSSR count). The minimum atomic E-state index is -0.297. The van der Waals surface area contributed by atoms with E-state index in [9.17, 15) is 4.79 Å². The minimum absolute atomic E-state index is 0.297. The quantitative estimate of drug-likeness (QED) is 0.466. The fourth-order valence-electron chi connectivity index (χ4n) is 0.433. The number of nitrogens with one attached hydrogen (secondary N) is 1. The summed E-state index contributed by atoms with van der Waals surface area (Å²) in [6.45, 7) is 4.00. The number of hydrogen-bond donors (Lipinski definition) is 1. The molecule has 0 atom stereocenters. The summed E-state index contributed by atoms with van der Waals surface area (Å²) < 4.78 is 4.66.